The molecule has 0 saturated carbocycles. The molecule has 0 spiro atoms. The Morgan fingerprint density at radius 1 is 1.45 bits per heavy atom. The van der Waals surface area contributed by atoms with Gasteiger partial charge >= 0.3 is 0 Å². The molecule has 1 aliphatic rings. The van der Waals surface area contributed by atoms with Gasteiger partial charge in [0.05, 0.1) is 6.04 Å². The van der Waals surface area contributed by atoms with Crippen LogP contribution in [-0.4, -0.2) is 23.8 Å². The molecule has 20 heavy (non-hydrogen) atoms. The minimum Gasteiger partial charge on any atom is -0.491 e. The largest absolute Gasteiger partial charge is 0.491 e. The first-order chi connectivity index (χ1) is 9.80. The number of rotatable bonds is 5. The Morgan fingerprint density at radius 3 is 3.10 bits per heavy atom. The number of nitrogens with zero attached hydrogens (tertiary/aromatic N) is 2. The Labute approximate surface area is 117 Å². The standard InChI is InChI=1S/C14H17N3O3/c1-3-13-16-14(20-17-13)8-18-9-4-5-10-11(15-2)7-19-12(10)6-9/h4-6,11,15H,3,7-8H2,1-2H3. The summed E-state index contributed by atoms with van der Waals surface area (Å²) in [6.07, 6.45) is 0.752. The summed E-state index contributed by atoms with van der Waals surface area (Å²) in [5.41, 5.74) is 1.16. The topological polar surface area (TPSA) is 69.4 Å². The number of aromatic nitrogens is 2. The molecule has 1 aromatic heterocycles. The van der Waals surface area contributed by atoms with Crippen molar-refractivity contribution in [2.75, 3.05) is 13.7 Å². The molecule has 106 valence electrons. The van der Waals surface area contributed by atoms with E-state index in [1.165, 1.54) is 0 Å². The van der Waals surface area contributed by atoms with Crippen LogP contribution in [0.4, 0.5) is 0 Å². The highest BCUT2D eigenvalue weighted by Gasteiger charge is 2.22. The van der Waals surface area contributed by atoms with Crippen molar-refractivity contribution in [3.8, 4) is 11.5 Å². The lowest BCUT2D eigenvalue weighted by atomic mass is 10.1. The van der Waals surface area contributed by atoms with Gasteiger partial charge in [-0.15, -0.1) is 0 Å². The highest BCUT2D eigenvalue weighted by Crippen LogP contribution is 2.35. The van der Waals surface area contributed by atoms with Crippen LogP contribution in [0.5, 0.6) is 11.5 Å². The molecule has 1 aliphatic heterocycles. The van der Waals surface area contributed by atoms with Crippen LogP contribution in [0.15, 0.2) is 22.7 Å². The lowest BCUT2D eigenvalue weighted by Gasteiger charge is -2.07. The van der Waals surface area contributed by atoms with E-state index in [-0.39, 0.29) is 12.6 Å². The van der Waals surface area contributed by atoms with Gasteiger partial charge in [0.1, 0.15) is 18.1 Å². The maximum absolute atomic E-state index is 5.65. The smallest absolute Gasteiger partial charge is 0.264 e. The van der Waals surface area contributed by atoms with Crippen LogP contribution < -0.4 is 14.8 Å². The summed E-state index contributed by atoms with van der Waals surface area (Å²) in [4.78, 5) is 4.20. The quantitative estimate of drug-likeness (QED) is 0.898. The second kappa shape index (κ2) is 5.50. The van der Waals surface area contributed by atoms with E-state index in [0.29, 0.717) is 18.3 Å². The molecule has 1 atom stereocenters. The fourth-order valence-electron chi connectivity index (χ4n) is 2.16. The van der Waals surface area contributed by atoms with Crippen molar-refractivity contribution in [1.82, 2.24) is 15.5 Å². The first-order valence-electron chi connectivity index (χ1n) is 6.68. The van der Waals surface area contributed by atoms with Crippen LogP contribution in [-0.2, 0) is 13.0 Å². The second-order valence-corrected chi connectivity index (χ2v) is 4.60. The Hall–Kier alpha value is -2.08. The molecule has 2 heterocycles. The van der Waals surface area contributed by atoms with Gasteiger partial charge in [-0.05, 0) is 19.2 Å². The van der Waals surface area contributed by atoms with Crippen LogP contribution in [0.2, 0.25) is 0 Å². The van der Waals surface area contributed by atoms with Gasteiger partial charge in [0, 0.05) is 18.1 Å². The van der Waals surface area contributed by atoms with E-state index >= 15 is 0 Å². The Bertz CT molecular complexity index is 597. The third-order valence-electron chi connectivity index (χ3n) is 3.30. The molecule has 1 N–H and O–H groups in total. The first kappa shape index (κ1) is 12.9. The van der Waals surface area contributed by atoms with Crippen molar-refractivity contribution in [3.05, 3.63) is 35.5 Å². The van der Waals surface area contributed by atoms with Gasteiger partial charge in [-0.2, -0.15) is 4.98 Å². The Kier molecular flexibility index (Phi) is 3.56. The zero-order valence-electron chi connectivity index (χ0n) is 11.5. The molecule has 0 amide bonds. The van der Waals surface area contributed by atoms with Crippen molar-refractivity contribution < 1.29 is 14.0 Å². The number of likely N-dealkylation sites (N-methyl/N-ethyl adjacent to an activating group) is 1. The molecule has 2 aromatic rings. The highest BCUT2D eigenvalue weighted by atomic mass is 16.5. The molecule has 0 radical (unpaired) electrons. The molecule has 6 nitrogen and oxygen atoms in total. The molecule has 6 heteroatoms. The monoisotopic (exact) mass is 275 g/mol. The van der Waals surface area contributed by atoms with E-state index in [9.17, 15) is 0 Å². The Balaban J connectivity index is 1.67. The fourth-order valence-corrected chi connectivity index (χ4v) is 2.16. The summed E-state index contributed by atoms with van der Waals surface area (Å²) in [5.74, 6) is 2.77. The van der Waals surface area contributed by atoms with Crippen LogP contribution >= 0.6 is 0 Å². The molecule has 0 aliphatic carbocycles. The molecule has 3 rings (SSSR count). The van der Waals surface area contributed by atoms with Gasteiger partial charge in [0.25, 0.3) is 5.89 Å². The third kappa shape index (κ3) is 2.46. The number of nitrogens with one attached hydrogen (secondary N) is 1. The van der Waals surface area contributed by atoms with Crippen LogP contribution in [0, 0.1) is 0 Å². The van der Waals surface area contributed by atoms with E-state index in [1.807, 2.05) is 32.2 Å². The molecule has 1 aromatic carbocycles. The lowest BCUT2D eigenvalue weighted by molar-refractivity contribution is 0.241. The SMILES string of the molecule is CCc1noc(COc2ccc3c(c2)OCC3NC)n1. The molecule has 0 fully saturated rings. The number of hydrogen-bond donors (Lipinski definition) is 1. The van der Waals surface area contributed by atoms with Gasteiger partial charge in [0.2, 0.25) is 0 Å². The van der Waals surface area contributed by atoms with Gasteiger partial charge in [-0.3, -0.25) is 0 Å². The summed E-state index contributed by atoms with van der Waals surface area (Å²) >= 11 is 0. The van der Waals surface area contributed by atoms with Crippen molar-refractivity contribution in [2.24, 2.45) is 0 Å². The zero-order chi connectivity index (χ0) is 13.9. The van der Waals surface area contributed by atoms with Crippen LogP contribution in [0.25, 0.3) is 0 Å². The summed E-state index contributed by atoms with van der Waals surface area (Å²) < 4.78 is 16.3. The third-order valence-corrected chi connectivity index (χ3v) is 3.30. The van der Waals surface area contributed by atoms with Crippen molar-refractivity contribution >= 4 is 0 Å². The minimum atomic E-state index is 0.252. The fraction of sp³-hybridized carbons (Fsp3) is 0.429. The van der Waals surface area contributed by atoms with E-state index in [1.54, 1.807) is 0 Å². The summed E-state index contributed by atoms with van der Waals surface area (Å²) in [6, 6.07) is 6.09. The summed E-state index contributed by atoms with van der Waals surface area (Å²) in [5, 5.41) is 7.03. The molecule has 0 bridgehead atoms. The lowest BCUT2D eigenvalue weighted by Crippen LogP contribution is -2.17. The molecular formula is C14H17N3O3. The van der Waals surface area contributed by atoms with Gasteiger partial charge in [0.15, 0.2) is 12.4 Å². The second-order valence-electron chi connectivity index (χ2n) is 4.60. The summed E-state index contributed by atoms with van der Waals surface area (Å²) in [6.45, 7) is 2.89. The predicted molar refractivity (Wildman–Crippen MR) is 71.7 cm³/mol. The maximum Gasteiger partial charge on any atom is 0.264 e. The molecular weight excluding hydrogens is 258 g/mol. The van der Waals surface area contributed by atoms with Crippen molar-refractivity contribution in [1.29, 1.82) is 0 Å². The highest BCUT2D eigenvalue weighted by molar-refractivity contribution is 5.44. The average molecular weight is 275 g/mol. The first-order valence-corrected chi connectivity index (χ1v) is 6.68. The average Bonchev–Trinajstić information content (AvgIpc) is 3.10. The predicted octanol–water partition coefficient (Wildman–Crippen LogP) is 1.86. The number of benzene rings is 1. The number of fused-ring (bicyclic) bond motifs is 1. The van der Waals surface area contributed by atoms with Crippen molar-refractivity contribution in [3.63, 3.8) is 0 Å². The molecule has 0 saturated heterocycles. The normalized spacial score (nSPS) is 16.8. The van der Waals surface area contributed by atoms with Crippen LogP contribution in [0.1, 0.15) is 30.2 Å². The minimum absolute atomic E-state index is 0.252. The van der Waals surface area contributed by atoms with Crippen LogP contribution in [0.3, 0.4) is 0 Å². The number of aryl methyl sites for hydroxylation is 1. The Morgan fingerprint density at radius 2 is 2.35 bits per heavy atom. The molecule has 1 unspecified atom stereocenters. The number of hydrogen-bond acceptors (Lipinski definition) is 6. The van der Waals surface area contributed by atoms with E-state index in [4.69, 9.17) is 14.0 Å². The summed E-state index contributed by atoms with van der Waals surface area (Å²) in [7, 11) is 1.93. The van der Waals surface area contributed by atoms with Gasteiger partial charge < -0.3 is 19.3 Å². The zero-order valence-corrected chi connectivity index (χ0v) is 11.5. The maximum atomic E-state index is 5.65. The number of ether oxygens (including phenoxy) is 2. The van der Waals surface area contributed by atoms with E-state index < -0.39 is 0 Å². The van der Waals surface area contributed by atoms with Gasteiger partial charge in [-0.1, -0.05) is 12.1 Å². The van der Waals surface area contributed by atoms with E-state index in [2.05, 4.69) is 15.5 Å². The van der Waals surface area contributed by atoms with Crippen molar-refractivity contribution in [2.45, 2.75) is 26.0 Å². The van der Waals surface area contributed by atoms with E-state index in [0.717, 1.165) is 23.5 Å². The van der Waals surface area contributed by atoms with Gasteiger partial charge in [-0.25, -0.2) is 0 Å².